The molecule has 1 amide bonds. The van der Waals surface area contributed by atoms with Gasteiger partial charge in [-0.2, -0.15) is 0 Å². The van der Waals surface area contributed by atoms with Crippen LogP contribution >= 0.6 is 0 Å². The van der Waals surface area contributed by atoms with Crippen LogP contribution in [0.5, 0.6) is 0 Å². The molecule has 6 heteroatoms. The molecule has 2 aromatic rings. The van der Waals surface area contributed by atoms with E-state index in [1.807, 2.05) is 30.2 Å². The summed E-state index contributed by atoms with van der Waals surface area (Å²) in [5, 5.41) is 0. The van der Waals surface area contributed by atoms with Gasteiger partial charge in [-0.3, -0.25) is 14.7 Å². The number of hydrogen-bond donors (Lipinski definition) is 0. The van der Waals surface area contributed by atoms with E-state index in [9.17, 15) is 4.79 Å². The predicted molar refractivity (Wildman–Crippen MR) is 92.5 cm³/mol. The summed E-state index contributed by atoms with van der Waals surface area (Å²) in [6.45, 7) is 8.73. The van der Waals surface area contributed by atoms with Gasteiger partial charge >= 0.3 is 0 Å². The Hall–Kier alpha value is -2.21. The lowest BCUT2D eigenvalue weighted by Gasteiger charge is -2.34. The van der Waals surface area contributed by atoms with Crippen molar-refractivity contribution in [3.8, 4) is 0 Å². The Bertz CT molecular complexity index is 709. The number of carbonyl (C=O) groups is 1. The molecule has 1 unspecified atom stereocenters. The van der Waals surface area contributed by atoms with Crippen molar-refractivity contribution in [1.29, 1.82) is 0 Å². The molecule has 0 fully saturated rings. The van der Waals surface area contributed by atoms with Crippen molar-refractivity contribution < 1.29 is 4.79 Å². The topological polar surface area (TPSA) is 54.3 Å². The first kappa shape index (κ1) is 16.6. The zero-order valence-corrected chi connectivity index (χ0v) is 14.8. The minimum Gasteiger partial charge on any atom is -0.327 e. The summed E-state index contributed by atoms with van der Waals surface area (Å²) in [5.41, 5.74) is 1.70. The molecule has 0 saturated carbocycles. The summed E-state index contributed by atoms with van der Waals surface area (Å²) in [6, 6.07) is 5.86. The molecule has 2 aromatic heterocycles. The normalized spacial score (nSPS) is 17.4. The van der Waals surface area contributed by atoms with Gasteiger partial charge in [-0.05, 0) is 40.0 Å². The fourth-order valence-corrected chi connectivity index (χ4v) is 3.04. The van der Waals surface area contributed by atoms with Gasteiger partial charge in [0.15, 0.2) is 0 Å². The summed E-state index contributed by atoms with van der Waals surface area (Å²) in [5.74, 6) is 0.927. The minimum absolute atomic E-state index is 0.0294. The highest BCUT2D eigenvalue weighted by molar-refractivity contribution is 5.92. The zero-order chi connectivity index (χ0) is 17.3. The van der Waals surface area contributed by atoms with Gasteiger partial charge in [-0.1, -0.05) is 6.07 Å². The van der Waals surface area contributed by atoms with E-state index in [2.05, 4.69) is 40.3 Å². The maximum absolute atomic E-state index is 12.7. The van der Waals surface area contributed by atoms with Gasteiger partial charge in [0.2, 0.25) is 0 Å². The van der Waals surface area contributed by atoms with Crippen LogP contribution in [0, 0.1) is 0 Å². The van der Waals surface area contributed by atoms with Crippen LogP contribution in [0.25, 0.3) is 0 Å². The maximum atomic E-state index is 12.7. The molecule has 0 aromatic carbocycles. The van der Waals surface area contributed by atoms with E-state index >= 15 is 0 Å². The fraction of sp³-hybridized carbons (Fsp3) is 0.500. The third kappa shape index (κ3) is 3.06. The number of aromatic nitrogens is 3. The lowest BCUT2D eigenvalue weighted by molar-refractivity contribution is 0.0629. The molecule has 0 spiro atoms. The highest BCUT2D eigenvalue weighted by Crippen LogP contribution is 2.27. The Morgan fingerprint density at radius 1 is 1.33 bits per heavy atom. The second kappa shape index (κ2) is 6.73. The molecule has 3 heterocycles. The summed E-state index contributed by atoms with van der Waals surface area (Å²) >= 11 is 0. The van der Waals surface area contributed by atoms with E-state index in [0.29, 0.717) is 18.3 Å². The number of imidazole rings is 1. The van der Waals surface area contributed by atoms with Gasteiger partial charge in [0.1, 0.15) is 11.5 Å². The number of fused-ring (bicyclic) bond motifs is 1. The number of carbonyl (C=O) groups excluding carboxylic acids is 1. The first-order chi connectivity index (χ1) is 11.5. The summed E-state index contributed by atoms with van der Waals surface area (Å²) < 4.78 is 2.26. The number of hydrogen-bond acceptors (Lipinski definition) is 4. The number of rotatable bonds is 4. The van der Waals surface area contributed by atoms with E-state index in [1.54, 1.807) is 12.3 Å². The minimum atomic E-state index is -0.0497. The number of pyridine rings is 1. The molecule has 1 aliphatic rings. The van der Waals surface area contributed by atoms with Gasteiger partial charge < -0.3 is 9.47 Å². The standard InChI is InChI=1S/C18H25N5O/c1-13(2)21(4)12-15-11-20-17-14(3)22(9-10-23(15)17)18(24)16-7-5-6-8-19-16/h5-8,11,13-14H,9-10,12H2,1-4H3. The Morgan fingerprint density at radius 2 is 2.12 bits per heavy atom. The molecular formula is C18H25N5O. The van der Waals surface area contributed by atoms with Crippen molar-refractivity contribution in [1.82, 2.24) is 24.3 Å². The molecule has 0 aliphatic carbocycles. The molecule has 6 nitrogen and oxygen atoms in total. The van der Waals surface area contributed by atoms with E-state index in [-0.39, 0.29) is 11.9 Å². The Kier molecular flexibility index (Phi) is 4.66. The quantitative estimate of drug-likeness (QED) is 0.865. The third-order valence-corrected chi connectivity index (χ3v) is 4.81. The largest absolute Gasteiger partial charge is 0.327 e. The van der Waals surface area contributed by atoms with Crippen LogP contribution in [0.1, 0.15) is 48.8 Å². The lowest BCUT2D eigenvalue weighted by Crippen LogP contribution is -2.42. The van der Waals surface area contributed by atoms with E-state index in [1.165, 1.54) is 5.69 Å². The molecular weight excluding hydrogens is 302 g/mol. The van der Waals surface area contributed by atoms with Crippen molar-refractivity contribution in [2.45, 2.75) is 45.9 Å². The van der Waals surface area contributed by atoms with Crippen LogP contribution < -0.4 is 0 Å². The van der Waals surface area contributed by atoms with E-state index in [4.69, 9.17) is 0 Å². The van der Waals surface area contributed by atoms with Gasteiger partial charge in [0.05, 0.1) is 11.7 Å². The Labute approximate surface area is 143 Å². The van der Waals surface area contributed by atoms with Crippen molar-refractivity contribution in [3.63, 3.8) is 0 Å². The van der Waals surface area contributed by atoms with Crippen molar-refractivity contribution in [2.75, 3.05) is 13.6 Å². The molecule has 0 N–H and O–H groups in total. The molecule has 0 bridgehead atoms. The SMILES string of the molecule is CC(C)N(C)Cc1cnc2n1CCN(C(=O)c1ccccn1)C2C. The fourth-order valence-electron chi connectivity index (χ4n) is 3.04. The lowest BCUT2D eigenvalue weighted by atomic mass is 10.1. The molecule has 3 rings (SSSR count). The highest BCUT2D eigenvalue weighted by atomic mass is 16.2. The summed E-state index contributed by atoms with van der Waals surface area (Å²) in [7, 11) is 2.12. The second-order valence-electron chi connectivity index (χ2n) is 6.66. The average molecular weight is 327 g/mol. The first-order valence-corrected chi connectivity index (χ1v) is 8.45. The monoisotopic (exact) mass is 327 g/mol. The summed E-state index contributed by atoms with van der Waals surface area (Å²) in [6.07, 6.45) is 3.60. The molecule has 128 valence electrons. The molecule has 1 aliphatic heterocycles. The molecule has 1 atom stereocenters. The van der Waals surface area contributed by atoms with Crippen molar-refractivity contribution >= 4 is 5.91 Å². The van der Waals surface area contributed by atoms with Crippen molar-refractivity contribution in [3.05, 3.63) is 47.8 Å². The Morgan fingerprint density at radius 3 is 2.79 bits per heavy atom. The van der Waals surface area contributed by atoms with Gasteiger partial charge in [-0.25, -0.2) is 4.98 Å². The first-order valence-electron chi connectivity index (χ1n) is 8.45. The van der Waals surface area contributed by atoms with Crippen LogP contribution in [-0.4, -0.2) is 49.9 Å². The molecule has 0 radical (unpaired) electrons. The van der Waals surface area contributed by atoms with Crippen LogP contribution in [0.4, 0.5) is 0 Å². The third-order valence-electron chi connectivity index (χ3n) is 4.81. The van der Waals surface area contributed by atoms with E-state index < -0.39 is 0 Å². The molecule has 24 heavy (non-hydrogen) atoms. The van der Waals surface area contributed by atoms with Gasteiger partial charge in [0, 0.05) is 38.1 Å². The second-order valence-corrected chi connectivity index (χ2v) is 6.66. The summed E-state index contributed by atoms with van der Waals surface area (Å²) in [4.78, 5) is 25.6. The van der Waals surface area contributed by atoms with Crippen LogP contribution in [0.15, 0.2) is 30.6 Å². The maximum Gasteiger partial charge on any atom is 0.273 e. The van der Waals surface area contributed by atoms with Crippen LogP contribution in [0.2, 0.25) is 0 Å². The van der Waals surface area contributed by atoms with Crippen molar-refractivity contribution in [2.24, 2.45) is 0 Å². The Balaban J connectivity index is 1.80. The van der Waals surface area contributed by atoms with Gasteiger partial charge in [-0.15, -0.1) is 0 Å². The van der Waals surface area contributed by atoms with E-state index in [0.717, 1.165) is 18.9 Å². The highest BCUT2D eigenvalue weighted by Gasteiger charge is 2.31. The zero-order valence-electron chi connectivity index (χ0n) is 14.8. The van der Waals surface area contributed by atoms with Crippen LogP contribution in [0.3, 0.4) is 0 Å². The number of amides is 1. The van der Waals surface area contributed by atoms with Gasteiger partial charge in [0.25, 0.3) is 5.91 Å². The predicted octanol–water partition coefficient (Wildman–Crippen LogP) is 2.34. The smallest absolute Gasteiger partial charge is 0.273 e. The average Bonchev–Trinajstić information content (AvgIpc) is 2.99. The van der Waals surface area contributed by atoms with Crippen LogP contribution in [-0.2, 0) is 13.1 Å². The number of nitrogens with zero attached hydrogens (tertiary/aromatic N) is 5. The molecule has 0 saturated heterocycles.